The zero-order valence-electron chi connectivity index (χ0n) is 21.7. The Bertz CT molecular complexity index is 1110. The minimum absolute atomic E-state index is 0.162. The number of fused-ring (bicyclic) bond motifs is 1. The predicted octanol–water partition coefficient (Wildman–Crippen LogP) is 4.40. The number of nitrogens with zero attached hydrogens (tertiary/aromatic N) is 2. The lowest BCUT2D eigenvalue weighted by molar-refractivity contribution is -0.148. The molecule has 2 aliphatic rings. The van der Waals surface area contributed by atoms with Crippen molar-refractivity contribution in [2.24, 2.45) is 17.8 Å². The van der Waals surface area contributed by atoms with E-state index in [1.54, 1.807) is 0 Å². The molecule has 0 unspecified atom stereocenters. The molecule has 4 rings (SSSR count). The van der Waals surface area contributed by atoms with Crippen LogP contribution in [0, 0.1) is 17.8 Å². The molecule has 3 amide bonds. The van der Waals surface area contributed by atoms with E-state index in [-0.39, 0.29) is 35.5 Å². The van der Waals surface area contributed by atoms with Gasteiger partial charge in [0.05, 0.1) is 11.8 Å². The molecule has 190 valence electrons. The maximum absolute atomic E-state index is 13.5. The molecule has 1 saturated heterocycles. The number of imide groups is 1. The molecule has 3 atom stereocenters. The van der Waals surface area contributed by atoms with Gasteiger partial charge in [-0.3, -0.25) is 19.3 Å². The Labute approximate surface area is 214 Å². The summed E-state index contributed by atoms with van der Waals surface area (Å²) in [6.07, 6.45) is 5.53. The summed E-state index contributed by atoms with van der Waals surface area (Å²) in [7, 11) is 4.10. The molecule has 0 radical (unpaired) electrons. The van der Waals surface area contributed by atoms with Crippen LogP contribution in [0.2, 0.25) is 0 Å². The average molecular weight is 488 g/mol. The highest BCUT2D eigenvalue weighted by molar-refractivity contribution is 6.08. The number of amides is 3. The third kappa shape index (κ3) is 5.59. The SMILES string of the molecule is CC(C)C[C@H](C(=O)NCc1ccccc1-c1ccc(CN(C)C)cc1)N1C(=O)[C@@H]2CC=CC[C@H]2C1=O. The molecule has 0 saturated carbocycles. The Morgan fingerprint density at radius 1 is 0.972 bits per heavy atom. The van der Waals surface area contributed by atoms with E-state index in [1.807, 2.05) is 58.3 Å². The Balaban J connectivity index is 1.51. The number of rotatable bonds is 9. The molecule has 36 heavy (non-hydrogen) atoms. The van der Waals surface area contributed by atoms with Crippen molar-refractivity contribution in [3.63, 3.8) is 0 Å². The molecule has 6 nitrogen and oxygen atoms in total. The highest BCUT2D eigenvalue weighted by Gasteiger charge is 2.51. The molecule has 0 bridgehead atoms. The first-order valence-electron chi connectivity index (χ1n) is 12.9. The van der Waals surface area contributed by atoms with Gasteiger partial charge in [-0.15, -0.1) is 0 Å². The van der Waals surface area contributed by atoms with Gasteiger partial charge in [0, 0.05) is 13.1 Å². The lowest BCUT2D eigenvalue weighted by atomic mass is 9.85. The van der Waals surface area contributed by atoms with Crippen LogP contribution < -0.4 is 5.32 Å². The summed E-state index contributed by atoms with van der Waals surface area (Å²) in [5.74, 6) is -1.17. The van der Waals surface area contributed by atoms with Crippen LogP contribution in [0.25, 0.3) is 11.1 Å². The molecule has 2 aromatic rings. The summed E-state index contributed by atoms with van der Waals surface area (Å²) in [6, 6.07) is 15.7. The van der Waals surface area contributed by atoms with Crippen molar-refractivity contribution in [1.82, 2.24) is 15.1 Å². The molecular weight excluding hydrogens is 450 g/mol. The Kier molecular flexibility index (Phi) is 8.04. The van der Waals surface area contributed by atoms with Crippen LogP contribution in [-0.2, 0) is 27.5 Å². The van der Waals surface area contributed by atoms with Crippen molar-refractivity contribution in [3.05, 3.63) is 71.8 Å². The lowest BCUT2D eigenvalue weighted by Crippen LogP contribution is -2.50. The summed E-state index contributed by atoms with van der Waals surface area (Å²) in [4.78, 5) is 43.2. The Morgan fingerprint density at radius 3 is 2.17 bits per heavy atom. The second-order valence-corrected chi connectivity index (χ2v) is 10.7. The standard InChI is InChI=1S/C30H37N3O3/c1-20(2)17-27(33-29(35)25-11-7-8-12-26(25)30(33)36)28(34)31-18-23-9-5-6-10-24(23)22-15-13-21(14-16-22)19-32(3)4/h5-10,13-16,20,25-27H,11-12,17-19H2,1-4H3,(H,31,34)/t25-,26-,27-/m1/s1. The van der Waals surface area contributed by atoms with E-state index in [4.69, 9.17) is 0 Å². The fraction of sp³-hybridized carbons (Fsp3) is 0.433. The molecular formula is C30H37N3O3. The van der Waals surface area contributed by atoms with Gasteiger partial charge in [0.25, 0.3) is 0 Å². The minimum atomic E-state index is -0.784. The minimum Gasteiger partial charge on any atom is -0.350 e. The van der Waals surface area contributed by atoms with Crippen LogP contribution in [0.1, 0.15) is 44.2 Å². The molecule has 2 aromatic carbocycles. The van der Waals surface area contributed by atoms with Crippen LogP contribution in [-0.4, -0.2) is 47.7 Å². The first kappa shape index (κ1) is 25.8. The first-order valence-corrected chi connectivity index (χ1v) is 12.9. The van der Waals surface area contributed by atoms with Crippen LogP contribution in [0.4, 0.5) is 0 Å². The summed E-state index contributed by atoms with van der Waals surface area (Å²) in [5, 5.41) is 3.04. The second-order valence-electron chi connectivity index (χ2n) is 10.7. The van der Waals surface area contributed by atoms with Crippen molar-refractivity contribution < 1.29 is 14.4 Å². The van der Waals surface area contributed by atoms with Gasteiger partial charge in [0.15, 0.2) is 0 Å². The first-order chi connectivity index (χ1) is 17.3. The number of hydrogen-bond acceptors (Lipinski definition) is 4. The van der Waals surface area contributed by atoms with E-state index in [9.17, 15) is 14.4 Å². The van der Waals surface area contributed by atoms with Crippen molar-refractivity contribution >= 4 is 17.7 Å². The molecule has 1 aliphatic carbocycles. The average Bonchev–Trinajstić information content (AvgIpc) is 3.11. The van der Waals surface area contributed by atoms with Gasteiger partial charge >= 0.3 is 0 Å². The quantitative estimate of drug-likeness (QED) is 0.421. The Morgan fingerprint density at radius 2 is 1.58 bits per heavy atom. The van der Waals surface area contributed by atoms with Crippen molar-refractivity contribution in [2.45, 2.75) is 52.2 Å². The number of allylic oxidation sites excluding steroid dienone is 2. The zero-order chi connectivity index (χ0) is 25.8. The molecule has 0 spiro atoms. The number of nitrogens with one attached hydrogen (secondary N) is 1. The van der Waals surface area contributed by atoms with Crippen molar-refractivity contribution in [2.75, 3.05) is 14.1 Å². The van der Waals surface area contributed by atoms with E-state index in [0.717, 1.165) is 23.2 Å². The normalized spacial score (nSPS) is 20.2. The zero-order valence-corrected chi connectivity index (χ0v) is 21.7. The topological polar surface area (TPSA) is 69.7 Å². The van der Waals surface area contributed by atoms with Crippen LogP contribution in [0.15, 0.2) is 60.7 Å². The predicted molar refractivity (Wildman–Crippen MR) is 142 cm³/mol. The number of carbonyl (C=O) groups is 3. The summed E-state index contributed by atoms with van der Waals surface area (Å²) in [6.45, 7) is 5.22. The van der Waals surface area contributed by atoms with E-state index in [1.165, 1.54) is 10.5 Å². The summed E-state index contributed by atoms with van der Waals surface area (Å²) < 4.78 is 0. The fourth-order valence-corrected chi connectivity index (χ4v) is 5.32. The summed E-state index contributed by atoms with van der Waals surface area (Å²) in [5.41, 5.74) is 4.37. The lowest BCUT2D eigenvalue weighted by Gasteiger charge is -2.27. The molecule has 1 N–H and O–H groups in total. The van der Waals surface area contributed by atoms with Gasteiger partial charge in [-0.1, -0.05) is 74.5 Å². The van der Waals surface area contributed by atoms with Gasteiger partial charge in [0.2, 0.25) is 17.7 Å². The smallest absolute Gasteiger partial charge is 0.243 e. The van der Waals surface area contributed by atoms with E-state index >= 15 is 0 Å². The maximum Gasteiger partial charge on any atom is 0.243 e. The van der Waals surface area contributed by atoms with Gasteiger partial charge in [-0.25, -0.2) is 0 Å². The van der Waals surface area contributed by atoms with Gasteiger partial charge in [-0.05, 0) is 61.5 Å². The largest absolute Gasteiger partial charge is 0.350 e. The number of carbonyl (C=O) groups excluding carboxylic acids is 3. The van der Waals surface area contributed by atoms with Crippen molar-refractivity contribution in [3.8, 4) is 11.1 Å². The van der Waals surface area contributed by atoms with E-state index in [2.05, 4.69) is 40.5 Å². The monoisotopic (exact) mass is 487 g/mol. The van der Waals surface area contributed by atoms with E-state index < -0.39 is 6.04 Å². The van der Waals surface area contributed by atoms with Crippen LogP contribution in [0.3, 0.4) is 0 Å². The third-order valence-electron chi connectivity index (χ3n) is 7.08. The number of likely N-dealkylation sites (tertiary alicyclic amines) is 1. The fourth-order valence-electron chi connectivity index (χ4n) is 5.32. The number of benzene rings is 2. The number of hydrogen-bond donors (Lipinski definition) is 1. The molecule has 1 fully saturated rings. The van der Waals surface area contributed by atoms with Crippen LogP contribution in [0.5, 0.6) is 0 Å². The molecule has 1 heterocycles. The molecule has 1 aliphatic heterocycles. The van der Waals surface area contributed by atoms with Crippen molar-refractivity contribution in [1.29, 1.82) is 0 Å². The molecule has 0 aromatic heterocycles. The van der Waals surface area contributed by atoms with Gasteiger partial charge in [0.1, 0.15) is 6.04 Å². The maximum atomic E-state index is 13.5. The third-order valence-corrected chi connectivity index (χ3v) is 7.08. The van der Waals surface area contributed by atoms with Crippen LogP contribution >= 0.6 is 0 Å². The second kappa shape index (κ2) is 11.2. The summed E-state index contributed by atoms with van der Waals surface area (Å²) >= 11 is 0. The van der Waals surface area contributed by atoms with Gasteiger partial charge in [-0.2, -0.15) is 0 Å². The highest BCUT2D eigenvalue weighted by atomic mass is 16.2. The van der Waals surface area contributed by atoms with Gasteiger partial charge < -0.3 is 10.2 Å². The Hall–Kier alpha value is -3.25. The molecule has 6 heteroatoms. The van der Waals surface area contributed by atoms with E-state index in [0.29, 0.717) is 25.8 Å². The highest BCUT2D eigenvalue weighted by Crippen LogP contribution is 2.37.